The van der Waals surface area contributed by atoms with E-state index in [9.17, 15) is 0 Å². The van der Waals surface area contributed by atoms with Crippen molar-refractivity contribution >= 4 is 0 Å². The van der Waals surface area contributed by atoms with Gasteiger partial charge in [-0.05, 0) is 48.9 Å². The Morgan fingerprint density at radius 2 is 0.962 bits per heavy atom. The van der Waals surface area contributed by atoms with Gasteiger partial charge in [-0.2, -0.15) is 0 Å². The van der Waals surface area contributed by atoms with Crippen LogP contribution in [0.25, 0.3) is 0 Å². The molecule has 4 N–H and O–H groups in total. The Morgan fingerprint density at radius 3 is 1.35 bits per heavy atom. The average Bonchev–Trinajstić information content (AvgIpc) is 2.63. The zero-order chi connectivity index (χ0) is 18.6. The lowest BCUT2D eigenvalue weighted by molar-refractivity contribution is 0.484. The molecule has 3 aromatic carbocycles. The smallest absolute Gasteiger partial charge is 0.0421 e. The third-order valence-corrected chi connectivity index (χ3v) is 5.00. The summed E-state index contributed by atoms with van der Waals surface area (Å²) in [6.45, 7) is 4.18. The molecule has 0 aliphatic heterocycles. The van der Waals surface area contributed by atoms with Gasteiger partial charge >= 0.3 is 0 Å². The maximum absolute atomic E-state index is 6.61. The van der Waals surface area contributed by atoms with Crippen molar-refractivity contribution in [2.24, 2.45) is 11.5 Å². The molecule has 0 radical (unpaired) electrons. The topological polar surface area (TPSA) is 52.0 Å². The molecule has 2 unspecified atom stereocenters. The van der Waals surface area contributed by atoms with Gasteiger partial charge in [0.25, 0.3) is 0 Å². The van der Waals surface area contributed by atoms with Gasteiger partial charge in [-0.1, -0.05) is 84.9 Å². The first-order valence-corrected chi connectivity index (χ1v) is 9.13. The molecule has 3 aromatic rings. The summed E-state index contributed by atoms with van der Waals surface area (Å²) in [7, 11) is 0. The van der Waals surface area contributed by atoms with E-state index in [0.717, 1.165) is 24.0 Å². The zero-order valence-electron chi connectivity index (χ0n) is 15.7. The second-order valence-electron chi connectivity index (χ2n) is 7.74. The van der Waals surface area contributed by atoms with E-state index in [1.165, 1.54) is 11.1 Å². The molecule has 0 heterocycles. The maximum atomic E-state index is 6.61. The van der Waals surface area contributed by atoms with Crippen LogP contribution in [0.3, 0.4) is 0 Å². The second kappa shape index (κ2) is 7.45. The van der Waals surface area contributed by atoms with E-state index in [1.54, 1.807) is 0 Å². The van der Waals surface area contributed by atoms with Gasteiger partial charge in [0.15, 0.2) is 0 Å². The van der Waals surface area contributed by atoms with Crippen LogP contribution < -0.4 is 11.5 Å². The van der Waals surface area contributed by atoms with E-state index < -0.39 is 11.1 Å². The Kier molecular flexibility index (Phi) is 5.26. The number of benzene rings is 3. The van der Waals surface area contributed by atoms with Crippen LogP contribution in [0.1, 0.15) is 36.1 Å². The Hall–Kier alpha value is -2.42. The van der Waals surface area contributed by atoms with E-state index in [1.807, 2.05) is 36.4 Å². The zero-order valence-corrected chi connectivity index (χ0v) is 15.7. The summed E-state index contributed by atoms with van der Waals surface area (Å²) in [6, 6.07) is 29.2. The van der Waals surface area contributed by atoms with Crippen LogP contribution in [0.4, 0.5) is 0 Å². The number of nitrogens with two attached hydrogens (primary N) is 2. The van der Waals surface area contributed by atoms with Crippen LogP contribution >= 0.6 is 0 Å². The fourth-order valence-electron chi connectivity index (χ4n) is 3.54. The lowest BCUT2D eigenvalue weighted by Gasteiger charge is -2.27. The molecule has 3 rings (SSSR count). The Labute approximate surface area is 156 Å². The second-order valence-corrected chi connectivity index (χ2v) is 7.74. The van der Waals surface area contributed by atoms with Crippen LogP contribution in [-0.4, -0.2) is 0 Å². The average molecular weight is 345 g/mol. The van der Waals surface area contributed by atoms with Crippen LogP contribution in [0.5, 0.6) is 0 Å². The van der Waals surface area contributed by atoms with E-state index in [0.29, 0.717) is 0 Å². The predicted molar refractivity (Wildman–Crippen MR) is 110 cm³/mol. The summed E-state index contributed by atoms with van der Waals surface area (Å²) < 4.78 is 0. The Morgan fingerprint density at radius 1 is 0.577 bits per heavy atom. The molecule has 0 spiro atoms. The van der Waals surface area contributed by atoms with E-state index in [4.69, 9.17) is 11.5 Å². The van der Waals surface area contributed by atoms with Crippen molar-refractivity contribution in [3.63, 3.8) is 0 Å². The van der Waals surface area contributed by atoms with Crippen LogP contribution in [0, 0.1) is 0 Å². The van der Waals surface area contributed by atoms with E-state index in [-0.39, 0.29) is 0 Å². The SMILES string of the molecule is CC(N)(Cc1cccc(CC(C)(N)c2ccccc2)c1)c1ccccc1. The van der Waals surface area contributed by atoms with Gasteiger partial charge in [0.1, 0.15) is 0 Å². The number of hydrogen-bond donors (Lipinski definition) is 2. The number of hydrogen-bond acceptors (Lipinski definition) is 2. The molecule has 0 aliphatic carbocycles. The standard InChI is InChI=1S/C24H28N2/c1-23(25,21-12-5-3-6-13-21)17-19-10-9-11-20(16-19)18-24(2,26)22-14-7-4-8-15-22/h3-16H,17-18,25-26H2,1-2H3. The third kappa shape index (κ3) is 4.40. The quantitative estimate of drug-likeness (QED) is 0.691. The minimum atomic E-state index is -0.397. The molecule has 2 nitrogen and oxygen atoms in total. The summed E-state index contributed by atoms with van der Waals surface area (Å²) >= 11 is 0. The summed E-state index contributed by atoms with van der Waals surface area (Å²) in [5.74, 6) is 0. The minimum absolute atomic E-state index is 0.397. The first kappa shape index (κ1) is 18.4. The van der Waals surface area contributed by atoms with Crippen LogP contribution in [0.2, 0.25) is 0 Å². The van der Waals surface area contributed by atoms with Gasteiger partial charge in [0.2, 0.25) is 0 Å². The monoisotopic (exact) mass is 344 g/mol. The molecule has 0 saturated carbocycles. The van der Waals surface area contributed by atoms with Crippen molar-refractivity contribution < 1.29 is 0 Å². The van der Waals surface area contributed by atoms with Gasteiger partial charge in [-0.15, -0.1) is 0 Å². The van der Waals surface area contributed by atoms with Crippen molar-refractivity contribution in [3.8, 4) is 0 Å². The van der Waals surface area contributed by atoms with Gasteiger partial charge in [-0.25, -0.2) is 0 Å². The lowest BCUT2D eigenvalue weighted by atomic mass is 9.84. The van der Waals surface area contributed by atoms with Crippen molar-refractivity contribution in [3.05, 3.63) is 107 Å². The number of rotatable bonds is 6. The largest absolute Gasteiger partial charge is 0.321 e. The highest BCUT2D eigenvalue weighted by Gasteiger charge is 2.23. The molecular formula is C24H28N2. The molecular weight excluding hydrogens is 316 g/mol. The molecule has 0 fully saturated rings. The van der Waals surface area contributed by atoms with Gasteiger partial charge in [0, 0.05) is 11.1 Å². The molecule has 0 bridgehead atoms. The van der Waals surface area contributed by atoms with Crippen molar-refractivity contribution in [1.82, 2.24) is 0 Å². The van der Waals surface area contributed by atoms with Gasteiger partial charge in [0.05, 0.1) is 0 Å². The third-order valence-electron chi connectivity index (χ3n) is 5.00. The highest BCUT2D eigenvalue weighted by Crippen LogP contribution is 2.26. The van der Waals surface area contributed by atoms with Gasteiger partial charge < -0.3 is 11.5 Å². The van der Waals surface area contributed by atoms with Crippen molar-refractivity contribution in [2.75, 3.05) is 0 Å². The predicted octanol–water partition coefficient (Wildman–Crippen LogP) is 4.52. The Bertz CT molecular complexity index is 768. The fraction of sp³-hybridized carbons (Fsp3) is 0.250. The first-order chi connectivity index (χ1) is 12.4. The van der Waals surface area contributed by atoms with Crippen molar-refractivity contribution in [2.45, 2.75) is 37.8 Å². The molecule has 26 heavy (non-hydrogen) atoms. The molecule has 0 aliphatic rings. The van der Waals surface area contributed by atoms with Gasteiger partial charge in [-0.3, -0.25) is 0 Å². The van der Waals surface area contributed by atoms with Crippen LogP contribution in [0.15, 0.2) is 84.9 Å². The summed E-state index contributed by atoms with van der Waals surface area (Å²) in [5, 5.41) is 0. The molecule has 0 saturated heterocycles. The maximum Gasteiger partial charge on any atom is 0.0421 e. The molecule has 2 heteroatoms. The minimum Gasteiger partial charge on any atom is -0.321 e. The molecule has 134 valence electrons. The summed E-state index contributed by atoms with van der Waals surface area (Å²) in [5.41, 5.74) is 17.2. The summed E-state index contributed by atoms with van der Waals surface area (Å²) in [6.07, 6.45) is 1.58. The fourth-order valence-corrected chi connectivity index (χ4v) is 3.54. The highest BCUT2D eigenvalue weighted by molar-refractivity contribution is 5.32. The highest BCUT2D eigenvalue weighted by atomic mass is 14.7. The molecule has 0 amide bonds. The first-order valence-electron chi connectivity index (χ1n) is 9.13. The van der Waals surface area contributed by atoms with E-state index >= 15 is 0 Å². The van der Waals surface area contributed by atoms with Crippen LogP contribution in [-0.2, 0) is 23.9 Å². The molecule has 0 aromatic heterocycles. The Balaban J connectivity index is 1.78. The van der Waals surface area contributed by atoms with Crippen molar-refractivity contribution in [1.29, 1.82) is 0 Å². The van der Waals surface area contributed by atoms with E-state index in [2.05, 4.69) is 62.4 Å². The summed E-state index contributed by atoms with van der Waals surface area (Å²) in [4.78, 5) is 0. The lowest BCUT2D eigenvalue weighted by Crippen LogP contribution is -2.36. The normalized spacial score (nSPS) is 15.8. The molecule has 2 atom stereocenters.